The number of amides is 1. The Labute approximate surface area is 184 Å². The standard InChI is InChI=1S/C25H24FNO3S/c1-15(17-8-10-18(11-9-17)25(29)30)27-24(28)23-20-3-2-4-21(20)31-22(23)14-7-16-5-12-19(26)13-6-16/h5-6,8-13,15H,2-4,7,14H2,1H3,(H,27,28)(H,29,30). The molecule has 0 radical (unpaired) electrons. The van der Waals surface area contributed by atoms with Crippen LogP contribution in [0.15, 0.2) is 48.5 Å². The van der Waals surface area contributed by atoms with Crippen LogP contribution in [0.1, 0.15) is 66.5 Å². The van der Waals surface area contributed by atoms with Crippen molar-refractivity contribution in [2.75, 3.05) is 0 Å². The number of carboxylic acids is 1. The molecule has 0 saturated heterocycles. The fourth-order valence-electron chi connectivity index (χ4n) is 4.08. The number of aromatic carboxylic acids is 1. The molecule has 1 unspecified atom stereocenters. The van der Waals surface area contributed by atoms with Gasteiger partial charge in [0.2, 0.25) is 0 Å². The summed E-state index contributed by atoms with van der Waals surface area (Å²) in [5, 5.41) is 12.2. The predicted octanol–water partition coefficient (Wildman–Crippen LogP) is 5.35. The number of hydrogen-bond acceptors (Lipinski definition) is 3. The second kappa shape index (κ2) is 9.02. The number of fused-ring (bicyclic) bond motifs is 1. The van der Waals surface area contributed by atoms with Gasteiger partial charge in [-0.25, -0.2) is 9.18 Å². The first-order valence-corrected chi connectivity index (χ1v) is 11.3. The van der Waals surface area contributed by atoms with E-state index in [0.29, 0.717) is 0 Å². The summed E-state index contributed by atoms with van der Waals surface area (Å²) < 4.78 is 13.2. The summed E-state index contributed by atoms with van der Waals surface area (Å²) in [4.78, 5) is 26.7. The van der Waals surface area contributed by atoms with E-state index < -0.39 is 5.97 Å². The third-order valence-electron chi connectivity index (χ3n) is 5.78. The van der Waals surface area contributed by atoms with Gasteiger partial charge in [0.25, 0.3) is 5.91 Å². The molecule has 3 aromatic rings. The average Bonchev–Trinajstić information content (AvgIpc) is 3.34. The SMILES string of the molecule is CC(NC(=O)c1c(CCc2ccc(F)cc2)sc2c1CCC2)c1ccc(C(=O)O)cc1. The van der Waals surface area contributed by atoms with Gasteiger partial charge in [-0.2, -0.15) is 0 Å². The van der Waals surface area contributed by atoms with E-state index in [0.717, 1.165) is 53.7 Å². The van der Waals surface area contributed by atoms with Crippen LogP contribution in [0.3, 0.4) is 0 Å². The van der Waals surface area contributed by atoms with Crippen LogP contribution in [0.5, 0.6) is 0 Å². The monoisotopic (exact) mass is 437 g/mol. The van der Waals surface area contributed by atoms with Crippen molar-refractivity contribution in [1.29, 1.82) is 0 Å². The van der Waals surface area contributed by atoms with Crippen LogP contribution in [0, 0.1) is 5.82 Å². The minimum absolute atomic E-state index is 0.0803. The van der Waals surface area contributed by atoms with Crippen LogP contribution in [0.25, 0.3) is 0 Å². The van der Waals surface area contributed by atoms with E-state index in [-0.39, 0.29) is 23.3 Å². The highest BCUT2D eigenvalue weighted by Crippen LogP contribution is 2.36. The number of carbonyl (C=O) groups is 2. The van der Waals surface area contributed by atoms with Crippen molar-refractivity contribution < 1.29 is 19.1 Å². The van der Waals surface area contributed by atoms with Gasteiger partial charge in [0.15, 0.2) is 0 Å². The number of carbonyl (C=O) groups excluding carboxylic acids is 1. The van der Waals surface area contributed by atoms with E-state index in [1.54, 1.807) is 47.7 Å². The third-order valence-corrected chi connectivity index (χ3v) is 7.13. The Morgan fingerprint density at radius 3 is 2.45 bits per heavy atom. The Kier molecular flexibility index (Phi) is 6.18. The Bertz CT molecular complexity index is 1100. The molecule has 2 aromatic carbocycles. The van der Waals surface area contributed by atoms with E-state index in [9.17, 15) is 14.0 Å². The van der Waals surface area contributed by atoms with Crippen LogP contribution in [-0.4, -0.2) is 17.0 Å². The second-order valence-corrected chi connectivity index (χ2v) is 9.09. The highest BCUT2D eigenvalue weighted by atomic mass is 32.1. The normalized spacial score (nSPS) is 13.6. The number of nitrogens with one attached hydrogen (secondary N) is 1. The minimum Gasteiger partial charge on any atom is -0.478 e. The molecular formula is C25H24FNO3S. The van der Waals surface area contributed by atoms with E-state index in [4.69, 9.17) is 5.11 Å². The Morgan fingerprint density at radius 2 is 1.77 bits per heavy atom. The van der Waals surface area contributed by atoms with Crippen molar-refractivity contribution in [3.05, 3.63) is 91.9 Å². The summed E-state index contributed by atoms with van der Waals surface area (Å²) in [6.07, 6.45) is 4.52. The zero-order valence-electron chi connectivity index (χ0n) is 17.3. The molecule has 0 bridgehead atoms. The molecule has 1 aliphatic carbocycles. The zero-order chi connectivity index (χ0) is 22.0. The smallest absolute Gasteiger partial charge is 0.335 e. The first-order valence-electron chi connectivity index (χ1n) is 10.4. The van der Waals surface area contributed by atoms with Gasteiger partial charge < -0.3 is 10.4 Å². The van der Waals surface area contributed by atoms with Crippen molar-refractivity contribution in [2.24, 2.45) is 0 Å². The quantitative estimate of drug-likeness (QED) is 0.524. The van der Waals surface area contributed by atoms with E-state index >= 15 is 0 Å². The first kappa shape index (κ1) is 21.2. The van der Waals surface area contributed by atoms with Crippen molar-refractivity contribution in [3.8, 4) is 0 Å². The minimum atomic E-state index is -0.970. The number of hydrogen-bond donors (Lipinski definition) is 2. The molecule has 6 heteroatoms. The molecule has 1 amide bonds. The summed E-state index contributed by atoms with van der Waals surface area (Å²) in [6.45, 7) is 1.90. The molecular weight excluding hydrogens is 413 g/mol. The van der Waals surface area contributed by atoms with E-state index in [1.807, 2.05) is 6.92 Å². The molecule has 0 spiro atoms. The largest absolute Gasteiger partial charge is 0.478 e. The van der Waals surface area contributed by atoms with Crippen molar-refractivity contribution in [3.63, 3.8) is 0 Å². The molecule has 2 N–H and O–H groups in total. The van der Waals surface area contributed by atoms with Gasteiger partial charge in [0.1, 0.15) is 5.82 Å². The van der Waals surface area contributed by atoms with Crippen molar-refractivity contribution in [1.82, 2.24) is 5.32 Å². The fourth-order valence-corrected chi connectivity index (χ4v) is 5.47. The number of rotatable bonds is 7. The molecule has 1 aliphatic rings. The maximum atomic E-state index is 13.3. The number of thiophene rings is 1. The number of benzene rings is 2. The molecule has 1 aromatic heterocycles. The highest BCUT2D eigenvalue weighted by Gasteiger charge is 2.27. The summed E-state index contributed by atoms with van der Waals surface area (Å²) in [5.41, 5.74) is 4.10. The molecule has 0 saturated carbocycles. The van der Waals surface area contributed by atoms with Crippen LogP contribution in [0.2, 0.25) is 0 Å². The lowest BCUT2D eigenvalue weighted by Gasteiger charge is -2.16. The highest BCUT2D eigenvalue weighted by molar-refractivity contribution is 7.12. The molecule has 4 rings (SSSR count). The Hall–Kier alpha value is -2.99. The lowest BCUT2D eigenvalue weighted by Crippen LogP contribution is -2.28. The Morgan fingerprint density at radius 1 is 1.06 bits per heavy atom. The number of halogens is 1. The van der Waals surface area contributed by atoms with Crippen LogP contribution < -0.4 is 5.32 Å². The van der Waals surface area contributed by atoms with Crippen LogP contribution in [0.4, 0.5) is 4.39 Å². The molecule has 4 nitrogen and oxygen atoms in total. The maximum absolute atomic E-state index is 13.3. The number of carboxylic acid groups (broad SMARTS) is 1. The summed E-state index contributed by atoms with van der Waals surface area (Å²) >= 11 is 1.73. The molecule has 160 valence electrons. The van der Waals surface area contributed by atoms with Crippen LogP contribution >= 0.6 is 11.3 Å². The molecule has 1 heterocycles. The van der Waals surface area contributed by atoms with Gasteiger partial charge in [-0.05, 0) is 80.0 Å². The third kappa shape index (κ3) is 4.69. The van der Waals surface area contributed by atoms with Gasteiger partial charge in [0.05, 0.1) is 17.2 Å². The Balaban J connectivity index is 1.51. The zero-order valence-corrected chi connectivity index (χ0v) is 18.1. The van der Waals surface area contributed by atoms with E-state index in [2.05, 4.69) is 5.32 Å². The van der Waals surface area contributed by atoms with Gasteiger partial charge >= 0.3 is 5.97 Å². The fraction of sp³-hybridized carbons (Fsp3) is 0.280. The lowest BCUT2D eigenvalue weighted by molar-refractivity contribution is 0.0696. The predicted molar refractivity (Wildman–Crippen MR) is 119 cm³/mol. The number of aryl methyl sites for hydroxylation is 3. The van der Waals surface area contributed by atoms with Gasteiger partial charge in [0, 0.05) is 9.75 Å². The lowest BCUT2D eigenvalue weighted by atomic mass is 10.0. The summed E-state index contributed by atoms with van der Waals surface area (Å²) in [7, 11) is 0. The van der Waals surface area contributed by atoms with E-state index in [1.165, 1.54) is 22.6 Å². The second-order valence-electron chi connectivity index (χ2n) is 7.90. The molecule has 0 aliphatic heterocycles. The molecule has 0 fully saturated rings. The molecule has 31 heavy (non-hydrogen) atoms. The maximum Gasteiger partial charge on any atom is 0.335 e. The van der Waals surface area contributed by atoms with Gasteiger partial charge in [-0.1, -0.05) is 24.3 Å². The first-order chi connectivity index (χ1) is 14.9. The van der Waals surface area contributed by atoms with Crippen molar-refractivity contribution in [2.45, 2.75) is 45.1 Å². The summed E-state index contributed by atoms with van der Waals surface area (Å²) in [5.74, 6) is -1.30. The van der Waals surface area contributed by atoms with Gasteiger partial charge in [-0.15, -0.1) is 11.3 Å². The van der Waals surface area contributed by atoms with Gasteiger partial charge in [-0.3, -0.25) is 4.79 Å². The average molecular weight is 438 g/mol. The molecule has 1 atom stereocenters. The summed E-state index contributed by atoms with van der Waals surface area (Å²) in [6, 6.07) is 12.9. The topological polar surface area (TPSA) is 66.4 Å². The van der Waals surface area contributed by atoms with Crippen molar-refractivity contribution >= 4 is 23.2 Å². The van der Waals surface area contributed by atoms with Crippen LogP contribution in [-0.2, 0) is 25.7 Å².